The van der Waals surface area contributed by atoms with Crippen LogP contribution in [0.25, 0.3) is 0 Å². The fraction of sp³-hybridized carbons (Fsp3) is 0.235. The Balaban J connectivity index is 1.91. The Kier molecular flexibility index (Phi) is 6.28. The molecular weight excluding hydrogens is 335 g/mol. The molecule has 2 rings (SSSR count). The van der Waals surface area contributed by atoms with Gasteiger partial charge in [0.25, 0.3) is 5.91 Å². The summed E-state index contributed by atoms with van der Waals surface area (Å²) in [7, 11) is 3.59. The SMILES string of the molecule is COc1ccc(C[NH+](C)CC(=O)Nc2c(Cl)cccc2Cl)cc1. The van der Waals surface area contributed by atoms with Crippen LogP contribution in [0.5, 0.6) is 5.75 Å². The minimum Gasteiger partial charge on any atom is -0.497 e. The molecular formula is C17H19Cl2N2O2+. The molecule has 0 aliphatic rings. The number of rotatable bonds is 6. The highest BCUT2D eigenvalue weighted by atomic mass is 35.5. The molecule has 2 aromatic carbocycles. The molecule has 0 aromatic heterocycles. The summed E-state index contributed by atoms with van der Waals surface area (Å²) in [6.45, 7) is 1.04. The summed E-state index contributed by atoms with van der Waals surface area (Å²) in [5.41, 5.74) is 1.59. The second-order valence-electron chi connectivity index (χ2n) is 5.30. The van der Waals surface area contributed by atoms with E-state index in [0.717, 1.165) is 22.8 Å². The van der Waals surface area contributed by atoms with Crippen molar-refractivity contribution < 1.29 is 14.4 Å². The molecule has 0 spiro atoms. The average Bonchev–Trinajstić information content (AvgIpc) is 2.51. The minimum atomic E-state index is -0.133. The van der Waals surface area contributed by atoms with Gasteiger partial charge in [-0.05, 0) is 36.4 Å². The highest BCUT2D eigenvalue weighted by molar-refractivity contribution is 6.39. The van der Waals surface area contributed by atoms with E-state index in [2.05, 4.69) is 5.32 Å². The number of carbonyl (C=O) groups is 1. The maximum atomic E-state index is 12.1. The Labute approximate surface area is 146 Å². The van der Waals surface area contributed by atoms with Crippen molar-refractivity contribution in [2.45, 2.75) is 6.54 Å². The third-order valence-corrected chi connectivity index (χ3v) is 3.98. The lowest BCUT2D eigenvalue weighted by Crippen LogP contribution is -3.08. The van der Waals surface area contributed by atoms with E-state index in [1.165, 1.54) is 0 Å². The Morgan fingerprint density at radius 1 is 1.13 bits per heavy atom. The lowest BCUT2D eigenvalue weighted by atomic mass is 10.2. The standard InChI is InChI=1S/C17H18Cl2N2O2/c1-21(10-12-6-8-13(23-2)9-7-12)11-16(22)20-17-14(18)4-3-5-15(17)19/h3-9H,10-11H2,1-2H3,(H,20,22)/p+1. The first-order valence-electron chi connectivity index (χ1n) is 7.17. The van der Waals surface area contributed by atoms with Crippen molar-refractivity contribution >= 4 is 34.8 Å². The van der Waals surface area contributed by atoms with Gasteiger partial charge in [-0.15, -0.1) is 0 Å². The number of benzene rings is 2. The van der Waals surface area contributed by atoms with Crippen LogP contribution < -0.4 is 15.0 Å². The number of quaternary nitrogens is 1. The zero-order chi connectivity index (χ0) is 16.8. The monoisotopic (exact) mass is 353 g/mol. The van der Waals surface area contributed by atoms with Crippen molar-refractivity contribution in [3.05, 3.63) is 58.1 Å². The summed E-state index contributed by atoms with van der Waals surface area (Å²) in [6.07, 6.45) is 0. The number of halogens is 2. The first kappa shape index (κ1) is 17.6. The van der Waals surface area contributed by atoms with Crippen LogP contribution in [0.2, 0.25) is 10.0 Å². The number of hydrogen-bond donors (Lipinski definition) is 2. The molecule has 0 radical (unpaired) electrons. The minimum absolute atomic E-state index is 0.133. The largest absolute Gasteiger partial charge is 0.497 e. The summed E-state index contributed by atoms with van der Waals surface area (Å²) >= 11 is 12.1. The van der Waals surface area contributed by atoms with E-state index in [1.807, 2.05) is 31.3 Å². The lowest BCUT2D eigenvalue weighted by Gasteiger charge is -2.15. The number of para-hydroxylation sites is 1. The number of anilines is 1. The molecule has 6 heteroatoms. The van der Waals surface area contributed by atoms with E-state index in [1.54, 1.807) is 25.3 Å². The topological polar surface area (TPSA) is 42.8 Å². The normalized spacial score (nSPS) is 11.8. The molecule has 0 aliphatic carbocycles. The molecule has 4 nitrogen and oxygen atoms in total. The molecule has 122 valence electrons. The number of likely N-dealkylation sites (N-methyl/N-ethyl adjacent to an activating group) is 1. The molecule has 0 bridgehead atoms. The van der Waals surface area contributed by atoms with E-state index < -0.39 is 0 Å². The number of amides is 1. The molecule has 2 aromatic rings. The first-order valence-corrected chi connectivity index (χ1v) is 7.93. The summed E-state index contributed by atoms with van der Waals surface area (Å²) < 4.78 is 5.13. The third-order valence-electron chi connectivity index (χ3n) is 3.35. The van der Waals surface area contributed by atoms with Crippen LogP contribution in [0.3, 0.4) is 0 Å². The zero-order valence-electron chi connectivity index (χ0n) is 13.0. The number of hydrogen-bond acceptors (Lipinski definition) is 2. The maximum absolute atomic E-state index is 12.1. The van der Waals surface area contributed by atoms with E-state index in [9.17, 15) is 4.79 Å². The second-order valence-corrected chi connectivity index (χ2v) is 6.12. The average molecular weight is 354 g/mol. The van der Waals surface area contributed by atoms with E-state index in [-0.39, 0.29) is 5.91 Å². The van der Waals surface area contributed by atoms with Crippen LogP contribution in [0.1, 0.15) is 5.56 Å². The van der Waals surface area contributed by atoms with Crippen molar-refractivity contribution in [1.82, 2.24) is 0 Å². The molecule has 2 N–H and O–H groups in total. The van der Waals surface area contributed by atoms with E-state index in [0.29, 0.717) is 22.3 Å². The summed E-state index contributed by atoms with van der Waals surface area (Å²) in [6, 6.07) is 12.9. The van der Waals surface area contributed by atoms with Crippen molar-refractivity contribution in [2.75, 3.05) is 26.0 Å². The summed E-state index contributed by atoms with van der Waals surface area (Å²) in [4.78, 5) is 13.2. The van der Waals surface area contributed by atoms with Crippen molar-refractivity contribution in [3.63, 3.8) is 0 Å². The van der Waals surface area contributed by atoms with Crippen molar-refractivity contribution in [3.8, 4) is 5.75 Å². The number of nitrogens with one attached hydrogen (secondary N) is 2. The third kappa shape index (κ3) is 5.13. The molecule has 0 fully saturated rings. The molecule has 1 atom stereocenters. The molecule has 0 heterocycles. The van der Waals surface area contributed by atoms with E-state index in [4.69, 9.17) is 27.9 Å². The van der Waals surface area contributed by atoms with Gasteiger partial charge in [-0.1, -0.05) is 29.3 Å². The van der Waals surface area contributed by atoms with Gasteiger partial charge in [0.15, 0.2) is 6.54 Å². The van der Waals surface area contributed by atoms with Gasteiger partial charge in [-0.25, -0.2) is 0 Å². The van der Waals surface area contributed by atoms with Crippen molar-refractivity contribution in [1.29, 1.82) is 0 Å². The molecule has 0 saturated heterocycles. The van der Waals surface area contributed by atoms with Crippen LogP contribution in [0, 0.1) is 0 Å². The Morgan fingerprint density at radius 3 is 2.30 bits per heavy atom. The number of carbonyl (C=O) groups excluding carboxylic acids is 1. The highest BCUT2D eigenvalue weighted by Gasteiger charge is 2.14. The van der Waals surface area contributed by atoms with Gasteiger partial charge < -0.3 is 15.0 Å². The Bertz CT molecular complexity index is 655. The van der Waals surface area contributed by atoms with Gasteiger partial charge in [0.2, 0.25) is 0 Å². The van der Waals surface area contributed by atoms with Crippen LogP contribution in [-0.2, 0) is 11.3 Å². The fourth-order valence-corrected chi connectivity index (χ4v) is 2.72. The predicted molar refractivity (Wildman–Crippen MR) is 93.5 cm³/mol. The molecule has 1 amide bonds. The van der Waals surface area contributed by atoms with Gasteiger partial charge in [-0.3, -0.25) is 4.79 Å². The van der Waals surface area contributed by atoms with E-state index >= 15 is 0 Å². The van der Waals surface area contributed by atoms with Crippen molar-refractivity contribution in [2.24, 2.45) is 0 Å². The lowest BCUT2D eigenvalue weighted by molar-refractivity contribution is -0.885. The number of methoxy groups -OCH3 is 1. The smallest absolute Gasteiger partial charge is 0.279 e. The predicted octanol–water partition coefficient (Wildman–Crippen LogP) is 2.66. The summed E-state index contributed by atoms with van der Waals surface area (Å²) in [5, 5.41) is 3.63. The fourth-order valence-electron chi connectivity index (χ4n) is 2.23. The Hall–Kier alpha value is -1.75. The van der Waals surface area contributed by atoms with Crippen LogP contribution in [-0.4, -0.2) is 26.6 Å². The molecule has 0 aliphatic heterocycles. The Morgan fingerprint density at radius 2 is 1.74 bits per heavy atom. The molecule has 0 saturated carbocycles. The quantitative estimate of drug-likeness (QED) is 0.838. The van der Waals surface area contributed by atoms with Crippen LogP contribution in [0.15, 0.2) is 42.5 Å². The van der Waals surface area contributed by atoms with Crippen LogP contribution >= 0.6 is 23.2 Å². The second kappa shape index (κ2) is 8.20. The van der Waals surface area contributed by atoms with Gasteiger partial charge in [-0.2, -0.15) is 0 Å². The summed E-state index contributed by atoms with van der Waals surface area (Å²) in [5.74, 6) is 0.684. The van der Waals surface area contributed by atoms with Gasteiger partial charge >= 0.3 is 0 Å². The molecule has 23 heavy (non-hydrogen) atoms. The van der Waals surface area contributed by atoms with Crippen LogP contribution in [0.4, 0.5) is 5.69 Å². The maximum Gasteiger partial charge on any atom is 0.279 e. The van der Waals surface area contributed by atoms with Gasteiger partial charge in [0, 0.05) is 5.56 Å². The highest BCUT2D eigenvalue weighted by Crippen LogP contribution is 2.29. The molecule has 1 unspecified atom stereocenters. The van der Waals surface area contributed by atoms with Gasteiger partial charge in [0.1, 0.15) is 12.3 Å². The zero-order valence-corrected chi connectivity index (χ0v) is 14.5. The first-order chi connectivity index (χ1) is 11.0. The van der Waals surface area contributed by atoms with Gasteiger partial charge in [0.05, 0.1) is 29.9 Å². The number of ether oxygens (including phenoxy) is 1.